The molecule has 1 heterocycles. The zero-order valence-corrected chi connectivity index (χ0v) is 15.6. The van der Waals surface area contributed by atoms with Crippen LogP contribution in [0.25, 0.3) is 0 Å². The van der Waals surface area contributed by atoms with E-state index in [9.17, 15) is 4.79 Å². The van der Waals surface area contributed by atoms with Crippen molar-refractivity contribution in [3.8, 4) is 5.75 Å². The molecule has 2 aliphatic rings. The fraction of sp³-hybridized carbons (Fsp3) is 0.588. The van der Waals surface area contributed by atoms with Crippen LogP contribution in [0, 0.1) is 0 Å². The molecule has 7 heteroatoms. The van der Waals surface area contributed by atoms with Crippen LogP contribution >= 0.6 is 24.8 Å². The molecule has 3 rings (SSSR count). The minimum atomic E-state index is -0.615. The summed E-state index contributed by atoms with van der Waals surface area (Å²) in [5.74, 6) is 0.856. The van der Waals surface area contributed by atoms with Gasteiger partial charge in [-0.25, -0.2) is 0 Å². The number of carbonyl (C=O) groups is 1. The topological polar surface area (TPSA) is 67.6 Å². The van der Waals surface area contributed by atoms with E-state index in [1.807, 2.05) is 18.2 Å². The minimum absolute atomic E-state index is 0. The molecule has 1 saturated carbocycles. The monoisotopic (exact) mass is 375 g/mol. The lowest BCUT2D eigenvalue weighted by atomic mass is 10.0. The van der Waals surface area contributed by atoms with Gasteiger partial charge in [0, 0.05) is 12.1 Å². The van der Waals surface area contributed by atoms with Gasteiger partial charge in [-0.1, -0.05) is 18.2 Å². The number of nitrogens with two attached hydrogens (primary N) is 1. The van der Waals surface area contributed by atoms with Crippen molar-refractivity contribution in [2.45, 2.75) is 37.3 Å². The molecule has 1 aromatic carbocycles. The molecule has 0 spiro atoms. The number of para-hydroxylation sites is 1. The maximum absolute atomic E-state index is 12.1. The van der Waals surface area contributed by atoms with Crippen molar-refractivity contribution in [3.63, 3.8) is 0 Å². The lowest BCUT2D eigenvalue weighted by molar-refractivity contribution is -0.123. The third-order valence-corrected chi connectivity index (χ3v) is 4.78. The van der Waals surface area contributed by atoms with Crippen molar-refractivity contribution in [3.05, 3.63) is 29.8 Å². The number of likely N-dealkylation sites (tertiary alicyclic amines) is 1. The lowest BCUT2D eigenvalue weighted by Gasteiger charge is -2.29. The average Bonchev–Trinajstić information content (AvgIpc) is 3.08. The van der Waals surface area contributed by atoms with Crippen LogP contribution in [-0.2, 0) is 4.79 Å². The number of methoxy groups -OCH3 is 1. The Kier molecular flexibility index (Phi) is 7.80. The van der Waals surface area contributed by atoms with Crippen LogP contribution in [-0.4, -0.2) is 43.1 Å². The highest BCUT2D eigenvalue weighted by Crippen LogP contribution is 2.34. The molecule has 0 bridgehead atoms. The Labute approximate surface area is 156 Å². The van der Waals surface area contributed by atoms with E-state index in [1.165, 1.54) is 12.8 Å². The maximum atomic E-state index is 12.1. The first kappa shape index (κ1) is 21.0. The van der Waals surface area contributed by atoms with E-state index in [4.69, 9.17) is 10.5 Å². The molecule has 1 aromatic rings. The summed E-state index contributed by atoms with van der Waals surface area (Å²) in [6, 6.07) is 8.20. The van der Waals surface area contributed by atoms with Crippen LogP contribution in [0.15, 0.2) is 24.3 Å². The molecule has 1 amide bonds. The van der Waals surface area contributed by atoms with Crippen molar-refractivity contribution in [2.75, 3.05) is 26.7 Å². The Hall–Kier alpha value is -1.01. The van der Waals surface area contributed by atoms with Gasteiger partial charge in [-0.05, 0) is 44.8 Å². The lowest BCUT2D eigenvalue weighted by Crippen LogP contribution is -2.46. The second kappa shape index (κ2) is 8.90. The van der Waals surface area contributed by atoms with Gasteiger partial charge in [0.25, 0.3) is 0 Å². The zero-order valence-electron chi connectivity index (χ0n) is 14.0. The summed E-state index contributed by atoms with van der Waals surface area (Å²) >= 11 is 0. The Morgan fingerprint density at radius 2 is 1.92 bits per heavy atom. The Bertz CT molecular complexity index is 546. The first-order valence-electron chi connectivity index (χ1n) is 8.08. The summed E-state index contributed by atoms with van der Waals surface area (Å²) in [5.41, 5.74) is 6.49. The zero-order chi connectivity index (χ0) is 15.6. The van der Waals surface area contributed by atoms with Crippen molar-refractivity contribution in [1.29, 1.82) is 0 Å². The minimum Gasteiger partial charge on any atom is -0.496 e. The van der Waals surface area contributed by atoms with Crippen molar-refractivity contribution < 1.29 is 9.53 Å². The van der Waals surface area contributed by atoms with Gasteiger partial charge in [0.05, 0.1) is 18.7 Å². The molecule has 1 atom stereocenters. The van der Waals surface area contributed by atoms with E-state index in [0.717, 1.165) is 37.2 Å². The van der Waals surface area contributed by atoms with Crippen LogP contribution in [0.1, 0.15) is 37.3 Å². The predicted molar refractivity (Wildman–Crippen MR) is 100 cm³/mol. The number of ether oxygens (including phenoxy) is 1. The first-order valence-corrected chi connectivity index (χ1v) is 8.08. The molecule has 136 valence electrons. The molecule has 0 aromatic heterocycles. The molecule has 1 aliphatic heterocycles. The summed E-state index contributed by atoms with van der Waals surface area (Å²) in [4.78, 5) is 14.6. The molecule has 3 N–H and O–H groups in total. The summed E-state index contributed by atoms with van der Waals surface area (Å²) in [6.07, 6.45) is 4.00. The number of nitrogens with one attached hydrogen (secondary N) is 1. The van der Waals surface area contributed by atoms with Crippen LogP contribution in [0.4, 0.5) is 0 Å². The quantitative estimate of drug-likeness (QED) is 0.800. The van der Waals surface area contributed by atoms with E-state index in [-0.39, 0.29) is 36.8 Å². The number of hydrogen-bond donors (Lipinski definition) is 2. The largest absolute Gasteiger partial charge is 0.496 e. The molecule has 24 heavy (non-hydrogen) atoms. The van der Waals surface area contributed by atoms with E-state index in [1.54, 1.807) is 7.11 Å². The van der Waals surface area contributed by atoms with E-state index >= 15 is 0 Å². The van der Waals surface area contributed by atoms with Crippen LogP contribution in [0.2, 0.25) is 0 Å². The van der Waals surface area contributed by atoms with E-state index < -0.39 is 5.54 Å². The van der Waals surface area contributed by atoms with Crippen molar-refractivity contribution >= 4 is 30.7 Å². The van der Waals surface area contributed by atoms with Crippen LogP contribution < -0.4 is 15.8 Å². The fourth-order valence-electron chi connectivity index (χ4n) is 3.16. The third-order valence-electron chi connectivity index (χ3n) is 4.78. The summed E-state index contributed by atoms with van der Waals surface area (Å²) in [7, 11) is 1.69. The van der Waals surface area contributed by atoms with Crippen LogP contribution in [0.3, 0.4) is 0 Å². The predicted octanol–water partition coefficient (Wildman–Crippen LogP) is 2.28. The second-order valence-corrected chi connectivity index (χ2v) is 6.37. The number of nitrogens with zero attached hydrogens (tertiary/aromatic N) is 1. The smallest absolute Gasteiger partial charge is 0.240 e. The standard InChI is InChI=1S/C17H25N3O2.2ClH/c1-22-15-7-3-2-6-13(15)14(20-10-4-5-11-20)12-19-16(21)17(18)8-9-17;;/h2-3,6-7,14H,4-5,8-12,18H2,1H3,(H,19,21);2*1H. The molecule has 1 saturated heterocycles. The first-order chi connectivity index (χ1) is 10.6. The second-order valence-electron chi connectivity index (χ2n) is 6.37. The normalized spacial score (nSPS) is 19.6. The number of benzene rings is 1. The Morgan fingerprint density at radius 1 is 1.29 bits per heavy atom. The molecule has 0 radical (unpaired) electrons. The molecule has 5 nitrogen and oxygen atoms in total. The highest BCUT2D eigenvalue weighted by molar-refractivity contribution is 5.89. The van der Waals surface area contributed by atoms with Gasteiger partial charge in [0.1, 0.15) is 5.75 Å². The molecule has 1 aliphatic carbocycles. The maximum Gasteiger partial charge on any atom is 0.240 e. The van der Waals surface area contributed by atoms with Gasteiger partial charge >= 0.3 is 0 Å². The molecule has 2 fully saturated rings. The summed E-state index contributed by atoms with van der Waals surface area (Å²) < 4.78 is 5.51. The Morgan fingerprint density at radius 3 is 2.50 bits per heavy atom. The highest BCUT2D eigenvalue weighted by Gasteiger charge is 2.46. The summed E-state index contributed by atoms with van der Waals surface area (Å²) in [6.45, 7) is 2.71. The summed E-state index contributed by atoms with van der Waals surface area (Å²) in [5, 5.41) is 3.05. The van der Waals surface area contributed by atoms with E-state index in [2.05, 4.69) is 16.3 Å². The van der Waals surface area contributed by atoms with Gasteiger partial charge in [0.15, 0.2) is 0 Å². The van der Waals surface area contributed by atoms with Gasteiger partial charge in [-0.2, -0.15) is 0 Å². The molecular weight excluding hydrogens is 349 g/mol. The Balaban J connectivity index is 0.00000144. The van der Waals surface area contributed by atoms with Gasteiger partial charge < -0.3 is 15.8 Å². The fourth-order valence-corrected chi connectivity index (χ4v) is 3.16. The van der Waals surface area contributed by atoms with Gasteiger partial charge in [-0.15, -0.1) is 24.8 Å². The van der Waals surface area contributed by atoms with E-state index in [0.29, 0.717) is 6.54 Å². The molecular formula is C17H27Cl2N3O2. The number of halogens is 2. The number of hydrogen-bond acceptors (Lipinski definition) is 4. The van der Waals surface area contributed by atoms with Gasteiger partial charge in [0.2, 0.25) is 5.91 Å². The SMILES string of the molecule is COc1ccccc1C(CNC(=O)C1(N)CC1)N1CCCC1.Cl.Cl. The van der Waals surface area contributed by atoms with Crippen LogP contribution in [0.5, 0.6) is 5.75 Å². The van der Waals surface area contributed by atoms with Gasteiger partial charge in [-0.3, -0.25) is 9.69 Å². The highest BCUT2D eigenvalue weighted by atomic mass is 35.5. The number of rotatable bonds is 6. The van der Waals surface area contributed by atoms with Crippen molar-refractivity contribution in [1.82, 2.24) is 10.2 Å². The third kappa shape index (κ3) is 4.54. The number of carbonyl (C=O) groups excluding carboxylic acids is 1. The van der Waals surface area contributed by atoms with Crippen molar-refractivity contribution in [2.24, 2.45) is 5.73 Å². The number of amides is 1. The average molecular weight is 376 g/mol. The molecule has 1 unspecified atom stereocenters.